The smallest absolute Gasteiger partial charge is 0.339 e. The minimum absolute atomic E-state index is 0.00525. The first-order valence-corrected chi connectivity index (χ1v) is 12.6. The van der Waals surface area contributed by atoms with E-state index in [1.54, 1.807) is 13.0 Å². The second kappa shape index (κ2) is 8.32. The fourth-order valence-electron chi connectivity index (χ4n) is 7.58. The van der Waals surface area contributed by atoms with Crippen molar-refractivity contribution in [1.29, 1.82) is 0 Å². The summed E-state index contributed by atoms with van der Waals surface area (Å²) in [5, 5.41) is 0. The third-order valence-corrected chi connectivity index (χ3v) is 9.52. The number of carbonyl (C=O) groups excluding carboxylic acids is 2. The molecule has 0 amide bonds. The molecule has 1 aromatic rings. The van der Waals surface area contributed by atoms with E-state index in [0.717, 1.165) is 36.0 Å². The summed E-state index contributed by atoms with van der Waals surface area (Å²) in [5.74, 6) is 1.80. The average Bonchev–Trinajstić information content (AvgIpc) is 3.04. The molecule has 4 atom stereocenters. The van der Waals surface area contributed by atoms with Crippen molar-refractivity contribution in [3.63, 3.8) is 0 Å². The molecule has 0 radical (unpaired) electrons. The molecule has 4 heteroatoms. The van der Waals surface area contributed by atoms with Crippen LogP contribution in [-0.2, 0) is 9.59 Å². The summed E-state index contributed by atoms with van der Waals surface area (Å²) in [7, 11) is 0. The van der Waals surface area contributed by atoms with Gasteiger partial charge in [0.05, 0.1) is 0 Å². The second-order valence-corrected chi connectivity index (χ2v) is 11.9. The summed E-state index contributed by atoms with van der Waals surface area (Å²) in [6.07, 6.45) is 9.90. The van der Waals surface area contributed by atoms with Crippen molar-refractivity contribution in [2.75, 3.05) is 0 Å². The Morgan fingerprint density at radius 3 is 2.41 bits per heavy atom. The monoisotopic (exact) mass is 462 g/mol. The Hall–Kier alpha value is -2.49. The predicted octanol–water partition coefficient (Wildman–Crippen LogP) is 6.62. The van der Waals surface area contributed by atoms with Crippen molar-refractivity contribution in [2.45, 2.75) is 80.6 Å². The highest BCUT2D eigenvalue weighted by Crippen LogP contribution is 2.68. The zero-order valence-electron chi connectivity index (χ0n) is 21.7. The van der Waals surface area contributed by atoms with Crippen molar-refractivity contribution in [3.8, 4) is 0 Å². The summed E-state index contributed by atoms with van der Waals surface area (Å²) >= 11 is 0. The van der Waals surface area contributed by atoms with E-state index < -0.39 is 0 Å². The fourth-order valence-corrected chi connectivity index (χ4v) is 7.58. The van der Waals surface area contributed by atoms with E-state index in [0.29, 0.717) is 35.9 Å². The molecule has 3 aliphatic carbocycles. The third kappa shape index (κ3) is 3.70. The maximum absolute atomic E-state index is 13.4. The van der Waals surface area contributed by atoms with Gasteiger partial charge in [-0.1, -0.05) is 45.9 Å². The lowest BCUT2D eigenvalue weighted by atomic mass is 9.43. The summed E-state index contributed by atoms with van der Waals surface area (Å²) in [5.41, 5.74) is 2.64. The van der Waals surface area contributed by atoms with Gasteiger partial charge in [0.25, 0.3) is 0 Å². The molecule has 0 spiro atoms. The van der Waals surface area contributed by atoms with Crippen LogP contribution >= 0.6 is 0 Å². The molecule has 3 aliphatic rings. The zero-order valence-corrected chi connectivity index (χ0v) is 21.7. The van der Waals surface area contributed by atoms with Gasteiger partial charge < -0.3 is 4.42 Å². The molecular weight excluding hydrogens is 424 g/mol. The van der Waals surface area contributed by atoms with Gasteiger partial charge in [-0.15, -0.1) is 0 Å². The van der Waals surface area contributed by atoms with Crippen LogP contribution in [0.5, 0.6) is 0 Å². The van der Waals surface area contributed by atoms with E-state index in [9.17, 15) is 14.4 Å². The molecule has 0 aromatic carbocycles. The van der Waals surface area contributed by atoms with Crippen LogP contribution < -0.4 is 5.63 Å². The highest BCUT2D eigenvalue weighted by molar-refractivity contribution is 6.01. The van der Waals surface area contributed by atoms with Crippen LogP contribution in [0.25, 0.3) is 5.57 Å². The number of aryl methyl sites for hydroxylation is 1. The number of hydrogen-bond donors (Lipinski definition) is 0. The standard InChI is InChI=1S/C30H38O4/c1-18(22-12-11-20(3)27(33)34-22)9-8-10-19(2)26-21(31)17-24-29(6)16-14-25(32)28(4,5)23(29)13-15-30(24,26)7/h8-12,23-24H,13-17H2,1-7H3/b10-8+,18-9+,26-19+/t23-,24?,29-,30+/m0/s1. The molecule has 0 aliphatic heterocycles. The van der Waals surface area contributed by atoms with E-state index in [4.69, 9.17) is 4.42 Å². The quantitative estimate of drug-likeness (QED) is 0.374. The molecule has 182 valence electrons. The minimum Gasteiger partial charge on any atom is -0.423 e. The van der Waals surface area contributed by atoms with Crippen LogP contribution in [0.3, 0.4) is 0 Å². The van der Waals surface area contributed by atoms with Gasteiger partial charge in [-0.3, -0.25) is 9.59 Å². The van der Waals surface area contributed by atoms with Crippen molar-refractivity contribution >= 4 is 17.1 Å². The molecule has 0 bridgehead atoms. The molecule has 0 N–H and O–H groups in total. The Labute approximate surface area is 203 Å². The maximum atomic E-state index is 13.4. The SMILES string of the molecule is CC(/C=C/C=C(\C)c1ccc(C)c(=O)o1)=C1/C(=O)CC2[C@@]1(C)CC[C@H]1C(C)(C)C(=O)CC[C@]21C. The predicted molar refractivity (Wildman–Crippen MR) is 135 cm³/mol. The van der Waals surface area contributed by atoms with Crippen molar-refractivity contribution in [1.82, 2.24) is 0 Å². The van der Waals surface area contributed by atoms with Gasteiger partial charge in [-0.2, -0.15) is 0 Å². The fraction of sp³-hybridized carbons (Fsp3) is 0.567. The lowest BCUT2D eigenvalue weighted by Crippen LogP contribution is -2.56. The lowest BCUT2D eigenvalue weighted by Gasteiger charge is -2.60. The Bertz CT molecular complexity index is 1190. The summed E-state index contributed by atoms with van der Waals surface area (Å²) in [6, 6.07) is 3.58. The molecule has 4 nitrogen and oxygen atoms in total. The number of fused-ring (bicyclic) bond motifs is 3. The number of ketones is 2. The van der Waals surface area contributed by atoms with Gasteiger partial charge in [-0.25, -0.2) is 4.79 Å². The number of hydrogen-bond acceptors (Lipinski definition) is 4. The summed E-state index contributed by atoms with van der Waals surface area (Å²) < 4.78 is 5.37. The third-order valence-electron chi connectivity index (χ3n) is 9.52. The first-order chi connectivity index (χ1) is 15.8. The lowest BCUT2D eigenvalue weighted by molar-refractivity contribution is -0.154. The molecule has 1 aromatic heterocycles. The average molecular weight is 463 g/mol. The second-order valence-electron chi connectivity index (χ2n) is 11.9. The Morgan fingerprint density at radius 1 is 1.03 bits per heavy atom. The molecule has 1 heterocycles. The largest absolute Gasteiger partial charge is 0.423 e. The molecular formula is C30H38O4. The van der Waals surface area contributed by atoms with E-state index in [1.165, 1.54) is 0 Å². The van der Waals surface area contributed by atoms with E-state index in [2.05, 4.69) is 27.7 Å². The van der Waals surface area contributed by atoms with Gasteiger partial charge >= 0.3 is 5.63 Å². The van der Waals surface area contributed by atoms with Gasteiger partial charge in [0.15, 0.2) is 5.78 Å². The summed E-state index contributed by atoms with van der Waals surface area (Å²) in [6.45, 7) is 14.5. The number of carbonyl (C=O) groups is 2. The van der Waals surface area contributed by atoms with Crippen LogP contribution in [-0.4, -0.2) is 11.6 Å². The van der Waals surface area contributed by atoms with Crippen LogP contribution in [0, 0.1) is 35.0 Å². The highest BCUT2D eigenvalue weighted by Gasteiger charge is 2.64. The topological polar surface area (TPSA) is 64.3 Å². The van der Waals surface area contributed by atoms with Crippen molar-refractivity contribution in [2.24, 2.45) is 28.1 Å². The number of Topliss-reactive ketones (excluding diaryl/α,β-unsaturated/α-hetero) is 2. The van der Waals surface area contributed by atoms with E-state index in [1.807, 2.05) is 38.1 Å². The Balaban J connectivity index is 1.64. The van der Waals surface area contributed by atoms with Crippen molar-refractivity contribution in [3.05, 3.63) is 63.3 Å². The van der Waals surface area contributed by atoms with Gasteiger partial charge in [-0.05, 0) is 80.6 Å². The number of allylic oxidation sites excluding steroid dienone is 6. The summed E-state index contributed by atoms with van der Waals surface area (Å²) in [4.78, 5) is 37.9. The Morgan fingerprint density at radius 2 is 1.74 bits per heavy atom. The van der Waals surface area contributed by atoms with Crippen LogP contribution in [0.1, 0.15) is 85.0 Å². The first-order valence-electron chi connectivity index (χ1n) is 12.6. The van der Waals surface area contributed by atoms with Gasteiger partial charge in [0.1, 0.15) is 11.5 Å². The Kier molecular flexibility index (Phi) is 6.03. The normalized spacial score (nSPS) is 34.9. The molecule has 34 heavy (non-hydrogen) atoms. The van der Waals surface area contributed by atoms with Crippen LogP contribution in [0.4, 0.5) is 0 Å². The van der Waals surface area contributed by atoms with Gasteiger partial charge in [0, 0.05) is 34.8 Å². The zero-order chi connectivity index (χ0) is 25.1. The van der Waals surface area contributed by atoms with Gasteiger partial charge in [0.2, 0.25) is 0 Å². The maximum Gasteiger partial charge on any atom is 0.339 e. The van der Waals surface area contributed by atoms with Crippen molar-refractivity contribution < 1.29 is 14.0 Å². The molecule has 3 saturated carbocycles. The molecule has 0 saturated heterocycles. The molecule has 1 unspecified atom stereocenters. The molecule has 4 rings (SSSR count). The molecule has 3 fully saturated rings. The van der Waals surface area contributed by atoms with E-state index >= 15 is 0 Å². The van der Waals surface area contributed by atoms with Crippen LogP contribution in [0.2, 0.25) is 0 Å². The highest BCUT2D eigenvalue weighted by atomic mass is 16.4. The minimum atomic E-state index is -0.320. The van der Waals surface area contributed by atoms with E-state index in [-0.39, 0.29) is 33.6 Å². The van der Waals surface area contributed by atoms with Crippen LogP contribution in [0.15, 0.2) is 50.7 Å². The number of rotatable bonds is 3. The first kappa shape index (κ1) is 24.6.